The Morgan fingerprint density at radius 2 is 2.00 bits per heavy atom. The number of hydrogen-bond donors (Lipinski definition) is 1. The molecule has 1 unspecified atom stereocenters. The summed E-state index contributed by atoms with van der Waals surface area (Å²) in [6.45, 7) is 14.8. The highest BCUT2D eigenvalue weighted by atomic mass is 15.2. The molecular weight excluding hydrogens is 232 g/mol. The third-order valence-electron chi connectivity index (χ3n) is 4.35. The molecule has 0 aliphatic carbocycles. The SMILES string of the molecule is CCNC(C)c1cccc(N2CC(C(C)(C)C)C2)c1. The normalized spacial score (nSPS) is 18.3. The van der Waals surface area contributed by atoms with E-state index in [0.717, 1.165) is 12.5 Å². The summed E-state index contributed by atoms with van der Waals surface area (Å²) >= 11 is 0. The zero-order valence-electron chi connectivity index (χ0n) is 13.0. The maximum Gasteiger partial charge on any atom is 0.0369 e. The van der Waals surface area contributed by atoms with E-state index in [4.69, 9.17) is 0 Å². The van der Waals surface area contributed by atoms with Crippen LogP contribution in [0.5, 0.6) is 0 Å². The van der Waals surface area contributed by atoms with Crippen LogP contribution in [-0.2, 0) is 0 Å². The molecule has 2 nitrogen and oxygen atoms in total. The lowest BCUT2D eigenvalue weighted by molar-refractivity contribution is 0.195. The molecule has 2 rings (SSSR count). The Morgan fingerprint density at radius 3 is 2.58 bits per heavy atom. The van der Waals surface area contributed by atoms with Gasteiger partial charge in [0, 0.05) is 24.8 Å². The Morgan fingerprint density at radius 1 is 1.32 bits per heavy atom. The van der Waals surface area contributed by atoms with E-state index in [9.17, 15) is 0 Å². The fourth-order valence-corrected chi connectivity index (χ4v) is 2.65. The van der Waals surface area contributed by atoms with Gasteiger partial charge in [0.25, 0.3) is 0 Å². The van der Waals surface area contributed by atoms with Crippen molar-refractivity contribution in [1.29, 1.82) is 0 Å². The van der Waals surface area contributed by atoms with E-state index in [1.165, 1.54) is 24.3 Å². The van der Waals surface area contributed by atoms with E-state index >= 15 is 0 Å². The van der Waals surface area contributed by atoms with Gasteiger partial charge in [0.15, 0.2) is 0 Å². The van der Waals surface area contributed by atoms with Gasteiger partial charge in [-0.15, -0.1) is 0 Å². The van der Waals surface area contributed by atoms with E-state index in [2.05, 4.69) is 69.1 Å². The highest BCUT2D eigenvalue weighted by Gasteiger charge is 2.35. The van der Waals surface area contributed by atoms with Crippen LogP contribution >= 0.6 is 0 Å². The Hall–Kier alpha value is -1.02. The highest BCUT2D eigenvalue weighted by molar-refractivity contribution is 5.51. The Bertz CT molecular complexity index is 414. The van der Waals surface area contributed by atoms with Crippen LogP contribution in [0.3, 0.4) is 0 Å². The van der Waals surface area contributed by atoms with Gasteiger partial charge in [-0.25, -0.2) is 0 Å². The second kappa shape index (κ2) is 5.54. The molecule has 0 saturated carbocycles. The minimum Gasteiger partial charge on any atom is -0.371 e. The van der Waals surface area contributed by atoms with Crippen molar-refractivity contribution in [1.82, 2.24) is 5.32 Å². The molecule has 106 valence electrons. The summed E-state index contributed by atoms with van der Waals surface area (Å²) in [7, 11) is 0. The standard InChI is InChI=1S/C17H28N2/c1-6-18-13(2)14-8-7-9-16(10-14)19-11-15(12-19)17(3,4)5/h7-10,13,15,18H,6,11-12H2,1-5H3. The molecule has 1 fully saturated rings. The van der Waals surface area contributed by atoms with Crippen molar-refractivity contribution in [2.24, 2.45) is 11.3 Å². The van der Waals surface area contributed by atoms with Crippen molar-refractivity contribution in [3.8, 4) is 0 Å². The van der Waals surface area contributed by atoms with Gasteiger partial charge in [0.2, 0.25) is 0 Å². The first kappa shape index (κ1) is 14.4. The second-order valence-electron chi connectivity index (χ2n) is 6.84. The van der Waals surface area contributed by atoms with Gasteiger partial charge in [-0.2, -0.15) is 0 Å². The topological polar surface area (TPSA) is 15.3 Å². The molecule has 1 aromatic carbocycles. The summed E-state index contributed by atoms with van der Waals surface area (Å²) < 4.78 is 0. The molecule has 1 saturated heterocycles. The van der Waals surface area contributed by atoms with Crippen LogP contribution in [0.15, 0.2) is 24.3 Å². The van der Waals surface area contributed by atoms with Crippen LogP contribution in [0.1, 0.15) is 46.2 Å². The zero-order chi connectivity index (χ0) is 14.0. The molecule has 0 radical (unpaired) electrons. The molecule has 0 amide bonds. The van der Waals surface area contributed by atoms with Gasteiger partial charge in [-0.05, 0) is 42.5 Å². The summed E-state index contributed by atoms with van der Waals surface area (Å²) in [5, 5.41) is 3.48. The van der Waals surface area contributed by atoms with Crippen molar-refractivity contribution in [2.45, 2.75) is 40.7 Å². The number of anilines is 1. The van der Waals surface area contributed by atoms with Gasteiger partial charge in [0.05, 0.1) is 0 Å². The van der Waals surface area contributed by atoms with Gasteiger partial charge in [-0.1, -0.05) is 39.8 Å². The molecule has 0 aromatic heterocycles. The molecule has 1 N–H and O–H groups in total. The lowest BCUT2D eigenvalue weighted by Crippen LogP contribution is -2.52. The largest absolute Gasteiger partial charge is 0.371 e. The van der Waals surface area contributed by atoms with Gasteiger partial charge in [-0.3, -0.25) is 0 Å². The quantitative estimate of drug-likeness (QED) is 0.885. The predicted octanol–water partition coefficient (Wildman–Crippen LogP) is 3.84. The lowest BCUT2D eigenvalue weighted by atomic mass is 9.76. The molecule has 1 heterocycles. The smallest absolute Gasteiger partial charge is 0.0369 e. The maximum absolute atomic E-state index is 3.48. The third kappa shape index (κ3) is 3.30. The molecule has 0 spiro atoms. The van der Waals surface area contributed by atoms with Gasteiger partial charge >= 0.3 is 0 Å². The average molecular weight is 260 g/mol. The molecule has 2 heteroatoms. The minimum absolute atomic E-state index is 0.435. The highest BCUT2D eigenvalue weighted by Crippen LogP contribution is 2.36. The summed E-state index contributed by atoms with van der Waals surface area (Å²) in [6, 6.07) is 9.42. The fourth-order valence-electron chi connectivity index (χ4n) is 2.65. The lowest BCUT2D eigenvalue weighted by Gasteiger charge is -2.47. The van der Waals surface area contributed by atoms with E-state index in [1.54, 1.807) is 0 Å². The van der Waals surface area contributed by atoms with Crippen LogP contribution in [0.4, 0.5) is 5.69 Å². The van der Waals surface area contributed by atoms with Crippen molar-refractivity contribution in [3.05, 3.63) is 29.8 Å². The average Bonchev–Trinajstić information content (AvgIpc) is 2.26. The van der Waals surface area contributed by atoms with E-state index in [1.807, 2.05) is 0 Å². The molecule has 1 aliphatic heterocycles. The van der Waals surface area contributed by atoms with Crippen molar-refractivity contribution in [2.75, 3.05) is 24.5 Å². The number of benzene rings is 1. The monoisotopic (exact) mass is 260 g/mol. The van der Waals surface area contributed by atoms with Crippen molar-refractivity contribution < 1.29 is 0 Å². The van der Waals surface area contributed by atoms with Gasteiger partial charge < -0.3 is 10.2 Å². The molecule has 1 aromatic rings. The van der Waals surface area contributed by atoms with Crippen molar-refractivity contribution in [3.63, 3.8) is 0 Å². The van der Waals surface area contributed by atoms with Crippen LogP contribution in [0.2, 0.25) is 0 Å². The van der Waals surface area contributed by atoms with Crippen molar-refractivity contribution >= 4 is 5.69 Å². The second-order valence-corrected chi connectivity index (χ2v) is 6.84. The molecular formula is C17H28N2. The summed E-state index contributed by atoms with van der Waals surface area (Å²) in [5.41, 5.74) is 3.20. The van der Waals surface area contributed by atoms with Crippen LogP contribution in [0, 0.1) is 11.3 Å². The first-order valence-electron chi connectivity index (χ1n) is 7.50. The Labute approximate surface area is 118 Å². The first-order valence-corrected chi connectivity index (χ1v) is 7.50. The molecule has 19 heavy (non-hydrogen) atoms. The molecule has 0 bridgehead atoms. The van der Waals surface area contributed by atoms with E-state index in [-0.39, 0.29) is 0 Å². The Balaban J connectivity index is 2.01. The number of rotatable bonds is 4. The van der Waals surface area contributed by atoms with Crippen LogP contribution < -0.4 is 10.2 Å². The summed E-state index contributed by atoms with van der Waals surface area (Å²) in [6.07, 6.45) is 0. The van der Waals surface area contributed by atoms with Gasteiger partial charge in [0.1, 0.15) is 0 Å². The van der Waals surface area contributed by atoms with Crippen LogP contribution in [-0.4, -0.2) is 19.6 Å². The fraction of sp³-hybridized carbons (Fsp3) is 0.647. The minimum atomic E-state index is 0.435. The maximum atomic E-state index is 3.48. The number of nitrogens with zero attached hydrogens (tertiary/aromatic N) is 1. The third-order valence-corrected chi connectivity index (χ3v) is 4.35. The van der Waals surface area contributed by atoms with Crippen LogP contribution in [0.25, 0.3) is 0 Å². The number of nitrogens with one attached hydrogen (secondary N) is 1. The number of hydrogen-bond acceptors (Lipinski definition) is 2. The first-order chi connectivity index (χ1) is 8.91. The zero-order valence-corrected chi connectivity index (χ0v) is 13.0. The van der Waals surface area contributed by atoms with E-state index < -0.39 is 0 Å². The summed E-state index contributed by atoms with van der Waals surface area (Å²) in [5.74, 6) is 0.822. The van der Waals surface area contributed by atoms with E-state index in [0.29, 0.717) is 11.5 Å². The Kier molecular flexibility index (Phi) is 4.19. The molecule has 1 atom stereocenters. The predicted molar refractivity (Wildman–Crippen MR) is 83.7 cm³/mol. The molecule has 1 aliphatic rings. The summed E-state index contributed by atoms with van der Waals surface area (Å²) in [4.78, 5) is 2.50.